The zero-order valence-corrected chi connectivity index (χ0v) is 23.6. The largest absolute Gasteiger partial charge is 0.324 e. The Bertz CT molecular complexity index is 1550. The van der Waals surface area contributed by atoms with Crippen molar-refractivity contribution in [3.63, 3.8) is 0 Å². The lowest BCUT2D eigenvalue weighted by molar-refractivity contribution is -0.143. The van der Waals surface area contributed by atoms with Gasteiger partial charge in [-0.05, 0) is 60.4 Å². The van der Waals surface area contributed by atoms with E-state index >= 15 is 0 Å². The summed E-state index contributed by atoms with van der Waals surface area (Å²) in [5.74, 6) is -1.42. The summed E-state index contributed by atoms with van der Waals surface area (Å²) in [6, 6.07) is 15.6. The number of H-pyrrole nitrogens is 1. The number of fused-ring (bicyclic) bond motifs is 9. The third-order valence-corrected chi connectivity index (χ3v) is 11.9. The van der Waals surface area contributed by atoms with Gasteiger partial charge in [-0.2, -0.15) is 0 Å². The average Bonchev–Trinajstić information content (AvgIpc) is 3.62. The second-order valence-corrected chi connectivity index (χ2v) is 13.8. The molecule has 194 valence electrons. The number of para-hydroxylation sites is 1. The molecule has 10 heteroatoms. The van der Waals surface area contributed by atoms with E-state index in [1.807, 2.05) is 43.3 Å². The van der Waals surface area contributed by atoms with E-state index in [0.29, 0.717) is 5.69 Å². The van der Waals surface area contributed by atoms with Crippen LogP contribution in [0, 0.1) is 36.5 Å². The summed E-state index contributed by atoms with van der Waals surface area (Å²) < 4.78 is 0.981. The zero-order chi connectivity index (χ0) is 26.3. The molecule has 7 rings (SSSR count). The predicted molar refractivity (Wildman–Crippen MR) is 149 cm³/mol. The SMILES string of the molecule is Cc1ccccc1NC(=O)CN1C(=O)C2C3CC(C2C1=O)C1C3Sc2[nH]c(=O)sc2[C@@H]1c1ccc(Br)cc1. The normalized spacial score (nSPS) is 30.8. The summed E-state index contributed by atoms with van der Waals surface area (Å²) in [6.07, 6.45) is 0.824. The second kappa shape index (κ2) is 8.93. The van der Waals surface area contributed by atoms with Gasteiger partial charge in [-0.1, -0.05) is 57.6 Å². The monoisotopic (exact) mass is 609 g/mol. The van der Waals surface area contributed by atoms with Crippen molar-refractivity contribution in [1.29, 1.82) is 0 Å². The molecular weight excluding hydrogens is 586 g/mol. The molecule has 0 spiro atoms. The first kappa shape index (κ1) is 24.4. The van der Waals surface area contributed by atoms with E-state index in [4.69, 9.17) is 0 Å². The zero-order valence-electron chi connectivity index (χ0n) is 20.3. The molecule has 0 radical (unpaired) electrons. The molecule has 2 saturated carbocycles. The maximum atomic E-state index is 13.7. The van der Waals surface area contributed by atoms with Crippen LogP contribution in [-0.2, 0) is 14.4 Å². The first-order valence-corrected chi connectivity index (χ1v) is 15.2. The molecule has 4 aliphatic rings. The highest BCUT2D eigenvalue weighted by atomic mass is 79.9. The molecule has 7 nitrogen and oxygen atoms in total. The molecule has 2 aromatic carbocycles. The fourth-order valence-corrected chi connectivity index (χ4v) is 10.5. The molecule has 3 fully saturated rings. The van der Waals surface area contributed by atoms with E-state index in [9.17, 15) is 19.2 Å². The van der Waals surface area contributed by atoms with Crippen LogP contribution >= 0.6 is 39.0 Å². The van der Waals surface area contributed by atoms with Crippen LogP contribution < -0.4 is 10.2 Å². The van der Waals surface area contributed by atoms with Crippen LogP contribution in [0.3, 0.4) is 0 Å². The third kappa shape index (κ3) is 3.60. The minimum atomic E-state index is -0.407. The lowest BCUT2D eigenvalue weighted by atomic mass is 9.68. The van der Waals surface area contributed by atoms with Gasteiger partial charge < -0.3 is 10.3 Å². The number of benzene rings is 2. The number of hydrogen-bond acceptors (Lipinski definition) is 6. The second-order valence-electron chi connectivity index (χ2n) is 10.6. The van der Waals surface area contributed by atoms with Gasteiger partial charge in [0.1, 0.15) is 6.54 Å². The molecule has 1 saturated heterocycles. The Labute approximate surface area is 235 Å². The molecule has 7 atom stereocenters. The number of rotatable bonds is 4. The lowest BCUT2D eigenvalue weighted by Crippen LogP contribution is -2.42. The van der Waals surface area contributed by atoms with Crippen LogP contribution in [0.2, 0.25) is 0 Å². The van der Waals surface area contributed by atoms with E-state index in [0.717, 1.165) is 31.9 Å². The van der Waals surface area contributed by atoms with E-state index in [-0.39, 0.29) is 58.1 Å². The minimum absolute atomic E-state index is 0.00874. The maximum absolute atomic E-state index is 13.7. The van der Waals surface area contributed by atoms with Gasteiger partial charge in [-0.15, -0.1) is 11.8 Å². The topological polar surface area (TPSA) is 99.3 Å². The Kier molecular flexibility index (Phi) is 5.72. The quantitative estimate of drug-likeness (QED) is 0.421. The molecule has 3 amide bonds. The Balaban J connectivity index is 1.20. The number of amides is 3. The summed E-state index contributed by atoms with van der Waals surface area (Å²) >= 11 is 6.44. The van der Waals surface area contributed by atoms with E-state index in [1.54, 1.807) is 11.8 Å². The van der Waals surface area contributed by atoms with Gasteiger partial charge in [0.05, 0.1) is 16.9 Å². The molecule has 3 aromatic rings. The summed E-state index contributed by atoms with van der Waals surface area (Å²) in [6.45, 7) is 1.63. The van der Waals surface area contributed by atoms with Gasteiger partial charge in [0, 0.05) is 26.2 Å². The Hall–Kier alpha value is -2.69. The smallest absolute Gasteiger partial charge is 0.305 e. The Morgan fingerprint density at radius 2 is 1.76 bits per heavy atom. The molecule has 38 heavy (non-hydrogen) atoms. The fraction of sp³-hybridized carbons (Fsp3) is 0.357. The Morgan fingerprint density at radius 1 is 1.05 bits per heavy atom. The average molecular weight is 611 g/mol. The van der Waals surface area contributed by atoms with E-state index in [2.05, 4.69) is 38.4 Å². The number of thioether (sulfide) groups is 1. The number of thiazole rings is 1. The third-order valence-electron chi connectivity index (χ3n) is 8.77. The van der Waals surface area contributed by atoms with Crippen LogP contribution in [0.1, 0.15) is 28.3 Å². The van der Waals surface area contributed by atoms with Crippen molar-refractivity contribution in [2.45, 2.75) is 29.5 Å². The van der Waals surface area contributed by atoms with Crippen LogP contribution in [-0.4, -0.2) is 39.4 Å². The summed E-state index contributed by atoms with van der Waals surface area (Å²) in [5.41, 5.74) is 2.72. The molecular formula is C28H24BrN3O4S2. The van der Waals surface area contributed by atoms with Gasteiger partial charge in [0.25, 0.3) is 0 Å². The first-order chi connectivity index (χ1) is 18.3. The number of aromatic amines is 1. The number of hydrogen-bond donors (Lipinski definition) is 2. The predicted octanol–water partition coefficient (Wildman–Crippen LogP) is 4.62. The highest BCUT2D eigenvalue weighted by molar-refractivity contribution is 9.10. The number of anilines is 1. The number of likely N-dealkylation sites (tertiary alicyclic amines) is 1. The number of halogens is 1. The Morgan fingerprint density at radius 3 is 2.50 bits per heavy atom. The molecule has 1 aromatic heterocycles. The molecule has 2 aliphatic heterocycles. The van der Waals surface area contributed by atoms with Crippen LogP contribution in [0.4, 0.5) is 5.69 Å². The minimum Gasteiger partial charge on any atom is -0.324 e. The highest BCUT2D eigenvalue weighted by Gasteiger charge is 2.69. The molecule has 2 aliphatic carbocycles. The maximum Gasteiger partial charge on any atom is 0.305 e. The van der Waals surface area contributed by atoms with Gasteiger partial charge in [0.2, 0.25) is 17.7 Å². The van der Waals surface area contributed by atoms with Crippen molar-refractivity contribution < 1.29 is 14.4 Å². The van der Waals surface area contributed by atoms with Gasteiger partial charge >= 0.3 is 4.87 Å². The van der Waals surface area contributed by atoms with E-state index in [1.165, 1.54) is 16.2 Å². The van der Waals surface area contributed by atoms with Crippen molar-refractivity contribution in [2.75, 3.05) is 11.9 Å². The number of nitrogens with zero attached hydrogens (tertiary/aromatic N) is 1. The number of carbonyl (C=O) groups excluding carboxylic acids is 3. The molecule has 6 unspecified atom stereocenters. The first-order valence-electron chi connectivity index (χ1n) is 12.7. The van der Waals surface area contributed by atoms with E-state index < -0.39 is 11.8 Å². The summed E-state index contributed by atoms with van der Waals surface area (Å²) in [4.78, 5) is 57.7. The van der Waals surface area contributed by atoms with Crippen LogP contribution in [0.15, 0.2) is 62.8 Å². The van der Waals surface area contributed by atoms with Gasteiger partial charge in [-0.3, -0.25) is 24.1 Å². The standard InChI is InChI=1S/C28H24BrN3O4S2/c1-12-4-2-3-5-17(12)30-18(33)11-32-26(34)21-15-10-16(22(21)27(32)35)23-20(15)19(13-6-8-14(29)9-7-13)24-25(37-23)31-28(36)38-24/h2-9,15-16,19-23H,10-11H2,1H3,(H,30,33)(H,31,36)/t15?,16?,19-,20?,21?,22?,23?/m1/s1. The number of imide groups is 1. The molecule has 2 N–H and O–H groups in total. The van der Waals surface area contributed by atoms with Crippen LogP contribution in [0.25, 0.3) is 0 Å². The van der Waals surface area contributed by atoms with Gasteiger partial charge in [0.15, 0.2) is 0 Å². The number of carbonyl (C=O) groups is 3. The number of nitrogens with one attached hydrogen (secondary N) is 2. The summed E-state index contributed by atoms with van der Waals surface area (Å²) in [7, 11) is 0. The van der Waals surface area contributed by atoms with Crippen molar-refractivity contribution in [3.8, 4) is 0 Å². The van der Waals surface area contributed by atoms with Crippen LogP contribution in [0.5, 0.6) is 0 Å². The number of aromatic nitrogens is 1. The highest BCUT2D eigenvalue weighted by Crippen LogP contribution is 2.68. The van der Waals surface area contributed by atoms with Crippen molar-refractivity contribution >= 4 is 62.4 Å². The molecule has 3 heterocycles. The fourth-order valence-electron chi connectivity index (χ4n) is 7.32. The van der Waals surface area contributed by atoms with Gasteiger partial charge in [-0.25, -0.2) is 0 Å². The number of aryl methyl sites for hydroxylation is 1. The summed E-state index contributed by atoms with van der Waals surface area (Å²) in [5, 5.41) is 3.88. The van der Waals surface area contributed by atoms with Crippen molar-refractivity contribution in [3.05, 3.63) is 78.7 Å². The van der Waals surface area contributed by atoms with Crippen molar-refractivity contribution in [2.24, 2.45) is 29.6 Å². The lowest BCUT2D eigenvalue weighted by Gasteiger charge is -2.43. The van der Waals surface area contributed by atoms with Crippen molar-refractivity contribution in [1.82, 2.24) is 9.88 Å². The molecule has 2 bridgehead atoms.